The molecule has 0 unspecified atom stereocenters. The molecule has 0 radical (unpaired) electrons. The average Bonchev–Trinajstić information content (AvgIpc) is 3.19. The van der Waals surface area contributed by atoms with Crippen molar-refractivity contribution in [3.8, 4) is 5.75 Å². The lowest BCUT2D eigenvalue weighted by atomic mass is 10.0. The van der Waals surface area contributed by atoms with Crippen LogP contribution in [-0.2, 0) is 27.8 Å². The topological polar surface area (TPSA) is 101 Å². The smallest absolute Gasteiger partial charge is 0.343 e. The Morgan fingerprint density at radius 1 is 1.15 bits per heavy atom. The minimum Gasteiger partial charge on any atom is -0.481 e. The summed E-state index contributed by atoms with van der Waals surface area (Å²) in [6, 6.07) is 5.26. The van der Waals surface area contributed by atoms with Crippen molar-refractivity contribution in [3.63, 3.8) is 0 Å². The molecule has 0 aliphatic carbocycles. The normalized spacial score (nSPS) is 10.2. The van der Waals surface area contributed by atoms with Crippen LogP contribution in [0.5, 0.6) is 5.75 Å². The fraction of sp³-hybridized carbons (Fsp3) is 0.444. The molecule has 2 N–H and O–H groups in total. The fourth-order valence-electron chi connectivity index (χ4n) is 2.94. The summed E-state index contributed by atoms with van der Waals surface area (Å²) in [5.41, 5.74) is 7.78. The predicted octanol–water partition coefficient (Wildman–Crippen LogP) is 5.19. The van der Waals surface area contributed by atoms with Gasteiger partial charge >= 0.3 is 5.97 Å². The van der Waals surface area contributed by atoms with Crippen LogP contribution in [0.1, 0.15) is 64.0 Å². The van der Waals surface area contributed by atoms with Gasteiger partial charge in [0.15, 0.2) is 12.9 Å². The third-order valence-electron chi connectivity index (χ3n) is 4.70. The molecule has 2 rings (SSSR count). The standard InChI is InChI=1S/C16H17NO5.C8H14.C2H6.CH5N/c1-4-10-15(12(19)8-18)16-11(17(10)2)6-5-7-13(16)22-9-14(20)21-3;1-4-6-7-8(3)5-2;2*1-2/h5-8H,4,9H2,1-3H3;4,6-7H,5H2,1-3H3;1-2H3;2H2,1H3/b;6-4-,8-7-;;. The first kappa shape index (κ1) is 33.0. The number of fused-ring (bicyclic) bond motifs is 1. The first-order valence-electron chi connectivity index (χ1n) is 11.5. The molecule has 0 spiro atoms. The molecule has 0 amide bonds. The van der Waals surface area contributed by atoms with Crippen molar-refractivity contribution in [1.82, 2.24) is 4.57 Å². The fourth-order valence-corrected chi connectivity index (χ4v) is 2.94. The number of methoxy groups -OCH3 is 1. The summed E-state index contributed by atoms with van der Waals surface area (Å²) in [6.45, 7) is 12.0. The number of nitrogens with two attached hydrogens (primary N) is 1. The maximum absolute atomic E-state index is 12.0. The first-order chi connectivity index (χ1) is 16.4. The Morgan fingerprint density at radius 2 is 1.76 bits per heavy atom. The maximum atomic E-state index is 12.0. The van der Waals surface area contributed by atoms with Gasteiger partial charge in [0.2, 0.25) is 5.78 Å². The molecule has 1 aromatic heterocycles. The largest absolute Gasteiger partial charge is 0.481 e. The van der Waals surface area contributed by atoms with Crippen LogP contribution in [0.3, 0.4) is 0 Å². The van der Waals surface area contributed by atoms with Crippen molar-refractivity contribution in [2.75, 3.05) is 20.8 Å². The van der Waals surface area contributed by atoms with E-state index in [-0.39, 0.29) is 6.61 Å². The van der Waals surface area contributed by atoms with Crippen LogP contribution >= 0.6 is 0 Å². The number of aromatic nitrogens is 1. The number of nitrogens with zero attached hydrogens (tertiary/aromatic N) is 1. The van der Waals surface area contributed by atoms with Gasteiger partial charge in [0.1, 0.15) is 5.75 Å². The molecule has 0 aliphatic rings. The number of ether oxygens (including phenoxy) is 2. The second kappa shape index (κ2) is 19.3. The van der Waals surface area contributed by atoms with Gasteiger partial charge in [0.05, 0.1) is 23.6 Å². The zero-order valence-electron chi connectivity index (χ0n) is 22.2. The summed E-state index contributed by atoms with van der Waals surface area (Å²) in [4.78, 5) is 34.3. The minimum absolute atomic E-state index is 0.263. The molecule has 0 fully saturated rings. The molecule has 0 aliphatic heterocycles. The Morgan fingerprint density at radius 3 is 2.24 bits per heavy atom. The lowest BCUT2D eigenvalue weighted by Crippen LogP contribution is -2.13. The second-order valence-electron chi connectivity index (χ2n) is 6.62. The van der Waals surface area contributed by atoms with Crippen LogP contribution in [0, 0.1) is 0 Å². The number of hydrogen-bond donors (Lipinski definition) is 1. The number of aryl methyl sites for hydroxylation is 1. The highest BCUT2D eigenvalue weighted by Gasteiger charge is 2.22. The van der Waals surface area contributed by atoms with Crippen molar-refractivity contribution in [1.29, 1.82) is 0 Å². The zero-order valence-corrected chi connectivity index (χ0v) is 22.2. The van der Waals surface area contributed by atoms with Gasteiger partial charge in [-0.05, 0) is 45.9 Å². The lowest BCUT2D eigenvalue weighted by Gasteiger charge is -2.07. The highest BCUT2D eigenvalue weighted by Crippen LogP contribution is 2.33. The molecular weight excluding hydrogens is 432 g/mol. The van der Waals surface area contributed by atoms with E-state index >= 15 is 0 Å². The second-order valence-corrected chi connectivity index (χ2v) is 6.62. The van der Waals surface area contributed by atoms with Crippen molar-refractivity contribution in [2.24, 2.45) is 12.8 Å². The third-order valence-corrected chi connectivity index (χ3v) is 4.70. The highest BCUT2D eigenvalue weighted by molar-refractivity contribution is 6.37. The van der Waals surface area contributed by atoms with Gasteiger partial charge in [-0.1, -0.05) is 57.6 Å². The number of benzene rings is 1. The molecule has 1 aromatic carbocycles. The predicted molar refractivity (Wildman–Crippen MR) is 141 cm³/mol. The van der Waals surface area contributed by atoms with E-state index in [4.69, 9.17) is 4.74 Å². The number of carbonyl (C=O) groups is 3. The summed E-state index contributed by atoms with van der Waals surface area (Å²) in [7, 11) is 4.60. The number of esters is 1. The molecule has 0 bridgehead atoms. The van der Waals surface area contributed by atoms with Crippen LogP contribution in [0.15, 0.2) is 42.0 Å². The summed E-state index contributed by atoms with van der Waals surface area (Å²) in [5.74, 6) is -0.744. The average molecular weight is 475 g/mol. The zero-order chi connectivity index (χ0) is 26.7. The van der Waals surface area contributed by atoms with Gasteiger partial charge in [-0.15, -0.1) is 0 Å². The summed E-state index contributed by atoms with van der Waals surface area (Å²) >= 11 is 0. The quantitative estimate of drug-likeness (QED) is 0.186. The van der Waals surface area contributed by atoms with E-state index < -0.39 is 11.8 Å². The Hall–Kier alpha value is -3.19. The minimum atomic E-state index is -0.600. The van der Waals surface area contributed by atoms with E-state index in [1.54, 1.807) is 12.1 Å². The molecule has 0 saturated heterocycles. The number of aldehydes is 1. The number of rotatable bonds is 8. The van der Waals surface area contributed by atoms with Crippen LogP contribution < -0.4 is 10.5 Å². The van der Waals surface area contributed by atoms with Gasteiger partial charge in [0.25, 0.3) is 0 Å². The Kier molecular flexibility index (Phi) is 18.7. The Bertz CT molecular complexity index is 956. The van der Waals surface area contributed by atoms with E-state index in [1.165, 1.54) is 19.7 Å². The van der Waals surface area contributed by atoms with Gasteiger partial charge in [-0.2, -0.15) is 0 Å². The molecule has 7 nitrogen and oxygen atoms in total. The van der Waals surface area contributed by atoms with E-state index in [9.17, 15) is 14.4 Å². The van der Waals surface area contributed by atoms with Crippen LogP contribution in [0.25, 0.3) is 10.9 Å². The number of hydrogen-bond acceptors (Lipinski definition) is 6. The van der Waals surface area contributed by atoms with Gasteiger partial charge in [-0.3, -0.25) is 9.59 Å². The van der Waals surface area contributed by atoms with Crippen molar-refractivity contribution in [2.45, 2.75) is 54.4 Å². The van der Waals surface area contributed by atoms with E-state index in [0.717, 1.165) is 17.6 Å². The molecule has 2 aromatic rings. The molecule has 7 heteroatoms. The van der Waals surface area contributed by atoms with Gasteiger partial charge in [0, 0.05) is 12.7 Å². The van der Waals surface area contributed by atoms with E-state index in [2.05, 4.69) is 36.5 Å². The molecule has 0 saturated carbocycles. The van der Waals surface area contributed by atoms with Crippen LogP contribution in [0.2, 0.25) is 0 Å². The van der Waals surface area contributed by atoms with E-state index in [1.807, 2.05) is 51.5 Å². The van der Waals surface area contributed by atoms with Gasteiger partial charge < -0.3 is 19.8 Å². The first-order valence-corrected chi connectivity index (χ1v) is 11.5. The monoisotopic (exact) mass is 474 g/mol. The SMILES string of the molecule is C/C=C\C=C(\C)CC.CC.CCc1c(C(=O)C=O)c2c(OCC(=O)OC)cccc2n1C.CN. The molecule has 1 heterocycles. The molecule has 190 valence electrons. The Balaban J connectivity index is 0. The van der Waals surface area contributed by atoms with Crippen molar-refractivity contribution < 1.29 is 23.9 Å². The van der Waals surface area contributed by atoms with Gasteiger partial charge in [-0.25, -0.2) is 4.79 Å². The molecule has 34 heavy (non-hydrogen) atoms. The Labute approximate surface area is 204 Å². The molecule has 0 atom stereocenters. The highest BCUT2D eigenvalue weighted by atomic mass is 16.6. The maximum Gasteiger partial charge on any atom is 0.343 e. The molecular formula is C27H42N2O5. The summed E-state index contributed by atoms with van der Waals surface area (Å²) < 4.78 is 11.9. The van der Waals surface area contributed by atoms with Crippen molar-refractivity contribution in [3.05, 3.63) is 53.3 Å². The number of allylic oxidation sites excluding steroid dienone is 4. The van der Waals surface area contributed by atoms with Crippen molar-refractivity contribution >= 4 is 28.9 Å². The number of ketones is 1. The third kappa shape index (κ3) is 9.75. The summed E-state index contributed by atoms with van der Waals surface area (Å²) in [5, 5.41) is 0.544. The van der Waals surface area contributed by atoms with E-state index in [0.29, 0.717) is 29.4 Å². The number of Topliss-reactive ketones (excluding diaryl/α,β-unsaturated/α-hetero) is 1. The number of carbonyl (C=O) groups excluding carboxylic acids is 3. The van der Waals surface area contributed by atoms with Crippen LogP contribution in [0.4, 0.5) is 0 Å². The van der Waals surface area contributed by atoms with Crippen LogP contribution in [-0.4, -0.2) is 43.4 Å². The summed E-state index contributed by atoms with van der Waals surface area (Å²) in [6.07, 6.45) is 8.30. The lowest BCUT2D eigenvalue weighted by molar-refractivity contribution is -0.142.